The highest BCUT2D eigenvalue weighted by molar-refractivity contribution is 5.92. The van der Waals surface area contributed by atoms with Gasteiger partial charge in [-0.3, -0.25) is 14.3 Å². The summed E-state index contributed by atoms with van der Waals surface area (Å²) in [4.78, 5) is 29.4. The SMILES string of the molecule is CC(C)C1CN(C(=O)c2cn(CCCN)nn2)CCC(=O)N1CC1CC1. The van der Waals surface area contributed by atoms with E-state index in [2.05, 4.69) is 24.2 Å². The molecule has 1 aromatic heterocycles. The maximum absolute atomic E-state index is 12.9. The van der Waals surface area contributed by atoms with Gasteiger partial charge in [0.15, 0.2) is 5.69 Å². The van der Waals surface area contributed by atoms with Gasteiger partial charge in [0, 0.05) is 32.6 Å². The smallest absolute Gasteiger partial charge is 0.276 e. The molecule has 144 valence electrons. The molecule has 8 heteroatoms. The summed E-state index contributed by atoms with van der Waals surface area (Å²) in [5.41, 5.74) is 5.85. The van der Waals surface area contributed by atoms with Crippen LogP contribution in [0.4, 0.5) is 0 Å². The zero-order valence-corrected chi connectivity index (χ0v) is 15.8. The number of hydrogen-bond donors (Lipinski definition) is 1. The van der Waals surface area contributed by atoms with Crippen molar-refractivity contribution >= 4 is 11.8 Å². The molecule has 0 aromatic carbocycles. The lowest BCUT2D eigenvalue weighted by atomic mass is 10.0. The van der Waals surface area contributed by atoms with Gasteiger partial charge < -0.3 is 15.5 Å². The number of carbonyl (C=O) groups is 2. The van der Waals surface area contributed by atoms with Crippen molar-refractivity contribution in [2.24, 2.45) is 17.6 Å². The third-order valence-corrected chi connectivity index (χ3v) is 5.28. The molecule has 2 heterocycles. The van der Waals surface area contributed by atoms with Crippen molar-refractivity contribution in [3.8, 4) is 0 Å². The highest BCUT2D eigenvalue weighted by Crippen LogP contribution is 2.32. The summed E-state index contributed by atoms with van der Waals surface area (Å²) in [6, 6.07) is 0.0573. The van der Waals surface area contributed by atoms with E-state index < -0.39 is 0 Å². The minimum absolute atomic E-state index is 0.0573. The van der Waals surface area contributed by atoms with Crippen LogP contribution < -0.4 is 5.73 Å². The number of hydrogen-bond acceptors (Lipinski definition) is 5. The van der Waals surface area contributed by atoms with Crippen LogP contribution in [0, 0.1) is 11.8 Å². The van der Waals surface area contributed by atoms with E-state index in [1.165, 1.54) is 12.8 Å². The minimum atomic E-state index is -0.143. The van der Waals surface area contributed by atoms with Gasteiger partial charge in [0.2, 0.25) is 5.91 Å². The normalized spacial score (nSPS) is 21.4. The summed E-state index contributed by atoms with van der Waals surface area (Å²) in [5, 5.41) is 8.03. The van der Waals surface area contributed by atoms with Crippen molar-refractivity contribution < 1.29 is 9.59 Å². The van der Waals surface area contributed by atoms with Gasteiger partial charge in [-0.25, -0.2) is 0 Å². The Kier molecular flexibility index (Phi) is 5.90. The molecule has 26 heavy (non-hydrogen) atoms. The van der Waals surface area contributed by atoms with Crippen LogP contribution in [0.25, 0.3) is 0 Å². The van der Waals surface area contributed by atoms with Crippen LogP contribution in [0.1, 0.15) is 50.0 Å². The second-order valence-corrected chi connectivity index (χ2v) is 7.81. The maximum Gasteiger partial charge on any atom is 0.276 e. The van der Waals surface area contributed by atoms with E-state index in [1.54, 1.807) is 15.8 Å². The molecule has 3 rings (SSSR count). The molecule has 1 aliphatic carbocycles. The van der Waals surface area contributed by atoms with Gasteiger partial charge in [0.1, 0.15) is 0 Å². The molecule has 2 fully saturated rings. The van der Waals surface area contributed by atoms with Crippen molar-refractivity contribution in [2.75, 3.05) is 26.2 Å². The predicted molar refractivity (Wildman–Crippen MR) is 97.3 cm³/mol. The lowest BCUT2D eigenvalue weighted by molar-refractivity contribution is -0.133. The fraction of sp³-hybridized carbons (Fsp3) is 0.778. The third kappa shape index (κ3) is 4.41. The molecule has 1 unspecified atom stereocenters. The van der Waals surface area contributed by atoms with E-state index in [0.717, 1.165) is 13.0 Å². The standard InChI is InChI=1S/C18H30N6O2/c1-13(2)16-12-22(9-6-17(25)24(16)10-14-4-5-14)18(26)15-11-23(21-20-15)8-3-7-19/h11,13-14,16H,3-10,12,19H2,1-2H3. The van der Waals surface area contributed by atoms with Gasteiger partial charge in [-0.1, -0.05) is 19.1 Å². The Morgan fingerprint density at radius 3 is 2.81 bits per heavy atom. The second-order valence-electron chi connectivity index (χ2n) is 7.81. The van der Waals surface area contributed by atoms with Crippen LogP contribution in [0.15, 0.2) is 6.20 Å². The van der Waals surface area contributed by atoms with Crippen LogP contribution in [0.2, 0.25) is 0 Å². The molecule has 1 aliphatic heterocycles. The molecule has 0 bridgehead atoms. The second kappa shape index (κ2) is 8.16. The third-order valence-electron chi connectivity index (χ3n) is 5.28. The Morgan fingerprint density at radius 1 is 1.38 bits per heavy atom. The number of carbonyl (C=O) groups excluding carboxylic acids is 2. The van der Waals surface area contributed by atoms with Crippen LogP contribution >= 0.6 is 0 Å². The van der Waals surface area contributed by atoms with E-state index in [1.807, 2.05) is 4.90 Å². The van der Waals surface area contributed by atoms with Gasteiger partial charge in [-0.15, -0.1) is 5.10 Å². The lowest BCUT2D eigenvalue weighted by Crippen LogP contribution is -2.48. The number of nitrogens with zero attached hydrogens (tertiary/aromatic N) is 5. The average molecular weight is 362 g/mol. The van der Waals surface area contributed by atoms with E-state index in [0.29, 0.717) is 50.1 Å². The lowest BCUT2D eigenvalue weighted by Gasteiger charge is -2.34. The summed E-state index contributed by atoms with van der Waals surface area (Å²) in [5.74, 6) is 0.962. The van der Waals surface area contributed by atoms with Gasteiger partial charge >= 0.3 is 0 Å². The molecule has 0 spiro atoms. The Balaban J connectivity index is 1.71. The molecule has 2 aliphatic rings. The summed E-state index contributed by atoms with van der Waals surface area (Å²) in [6.45, 7) is 7.30. The largest absolute Gasteiger partial charge is 0.337 e. The molecule has 2 amide bonds. The van der Waals surface area contributed by atoms with E-state index in [-0.39, 0.29) is 17.9 Å². The number of nitrogens with two attached hydrogens (primary N) is 1. The molecule has 1 atom stereocenters. The molecule has 1 aromatic rings. The van der Waals surface area contributed by atoms with E-state index in [4.69, 9.17) is 5.73 Å². The first-order valence-corrected chi connectivity index (χ1v) is 9.68. The van der Waals surface area contributed by atoms with Crippen molar-refractivity contribution in [2.45, 2.75) is 52.1 Å². The first-order valence-electron chi connectivity index (χ1n) is 9.68. The zero-order chi connectivity index (χ0) is 18.7. The first-order chi connectivity index (χ1) is 12.5. The van der Waals surface area contributed by atoms with Crippen molar-refractivity contribution in [3.63, 3.8) is 0 Å². The quantitative estimate of drug-likeness (QED) is 0.771. The topological polar surface area (TPSA) is 97.4 Å². The number of amides is 2. The van der Waals surface area contributed by atoms with Gasteiger partial charge in [-0.2, -0.15) is 0 Å². The van der Waals surface area contributed by atoms with Gasteiger partial charge in [0.05, 0.1) is 12.2 Å². The summed E-state index contributed by atoms with van der Waals surface area (Å²) in [6.07, 6.45) is 5.27. The number of aryl methyl sites for hydroxylation is 1. The summed E-state index contributed by atoms with van der Waals surface area (Å²) < 4.78 is 1.66. The highest BCUT2D eigenvalue weighted by atomic mass is 16.2. The van der Waals surface area contributed by atoms with Crippen LogP contribution in [-0.4, -0.2) is 68.8 Å². The molecule has 1 saturated heterocycles. The Morgan fingerprint density at radius 2 is 2.15 bits per heavy atom. The average Bonchev–Trinajstić information content (AvgIpc) is 3.35. The first kappa shape index (κ1) is 18.8. The number of aromatic nitrogens is 3. The van der Waals surface area contributed by atoms with Gasteiger partial charge in [-0.05, 0) is 37.6 Å². The molecular formula is C18H30N6O2. The van der Waals surface area contributed by atoms with Crippen molar-refractivity contribution in [1.82, 2.24) is 24.8 Å². The predicted octanol–water partition coefficient (Wildman–Crippen LogP) is 0.736. The monoisotopic (exact) mass is 362 g/mol. The molecular weight excluding hydrogens is 332 g/mol. The molecule has 1 saturated carbocycles. The molecule has 0 radical (unpaired) electrons. The van der Waals surface area contributed by atoms with Crippen molar-refractivity contribution in [1.29, 1.82) is 0 Å². The zero-order valence-electron chi connectivity index (χ0n) is 15.8. The summed E-state index contributed by atoms with van der Waals surface area (Å²) in [7, 11) is 0. The summed E-state index contributed by atoms with van der Waals surface area (Å²) >= 11 is 0. The Bertz CT molecular complexity index is 639. The van der Waals surface area contributed by atoms with Crippen LogP contribution in [-0.2, 0) is 11.3 Å². The number of rotatable bonds is 7. The van der Waals surface area contributed by atoms with E-state index in [9.17, 15) is 9.59 Å². The van der Waals surface area contributed by atoms with Crippen molar-refractivity contribution in [3.05, 3.63) is 11.9 Å². The highest BCUT2D eigenvalue weighted by Gasteiger charge is 2.37. The van der Waals surface area contributed by atoms with Crippen LogP contribution in [0.3, 0.4) is 0 Å². The Hall–Kier alpha value is -1.96. The van der Waals surface area contributed by atoms with E-state index >= 15 is 0 Å². The van der Waals surface area contributed by atoms with Crippen LogP contribution in [0.5, 0.6) is 0 Å². The maximum atomic E-state index is 12.9. The fourth-order valence-corrected chi connectivity index (χ4v) is 3.47. The minimum Gasteiger partial charge on any atom is -0.337 e. The molecule has 2 N–H and O–H groups in total. The van der Waals surface area contributed by atoms with Gasteiger partial charge in [0.25, 0.3) is 5.91 Å². The fourth-order valence-electron chi connectivity index (χ4n) is 3.47. The Labute approximate surface area is 154 Å². The molecule has 8 nitrogen and oxygen atoms in total.